The molecule has 2 heterocycles. The second-order valence-corrected chi connectivity index (χ2v) is 6.74. The number of hydrogen-bond acceptors (Lipinski definition) is 5. The SMILES string of the molecule is CCOC(=O)N1CCN(C(=O)C2CC(c3ccc(CC)cc3)NN2)CC1. The maximum Gasteiger partial charge on any atom is 0.409 e. The smallest absolute Gasteiger partial charge is 0.409 e. The Bertz CT molecular complexity index is 626. The first-order chi connectivity index (χ1) is 12.6. The van der Waals surface area contributed by atoms with Gasteiger partial charge in [0.1, 0.15) is 6.04 Å². The van der Waals surface area contributed by atoms with Crippen LogP contribution in [-0.2, 0) is 16.0 Å². The van der Waals surface area contributed by atoms with Gasteiger partial charge in [-0.3, -0.25) is 4.79 Å². The van der Waals surface area contributed by atoms with Gasteiger partial charge in [0.2, 0.25) is 5.91 Å². The summed E-state index contributed by atoms with van der Waals surface area (Å²) >= 11 is 0. The molecule has 0 spiro atoms. The number of piperazine rings is 1. The minimum absolute atomic E-state index is 0.0914. The van der Waals surface area contributed by atoms with Crippen molar-refractivity contribution in [3.63, 3.8) is 0 Å². The van der Waals surface area contributed by atoms with Gasteiger partial charge in [0, 0.05) is 32.2 Å². The number of hydrazine groups is 1. The molecule has 0 radical (unpaired) electrons. The van der Waals surface area contributed by atoms with Crippen LogP contribution in [0.1, 0.15) is 37.4 Å². The molecular formula is C19H28N4O3. The van der Waals surface area contributed by atoms with Crippen LogP contribution in [0.3, 0.4) is 0 Å². The number of amides is 2. The van der Waals surface area contributed by atoms with Crippen LogP contribution < -0.4 is 10.9 Å². The lowest BCUT2D eigenvalue weighted by Crippen LogP contribution is -2.54. The average Bonchev–Trinajstić information content (AvgIpc) is 3.18. The molecule has 2 aliphatic rings. The summed E-state index contributed by atoms with van der Waals surface area (Å²) in [5, 5.41) is 0. The number of ether oxygens (including phenoxy) is 1. The highest BCUT2D eigenvalue weighted by molar-refractivity contribution is 5.82. The molecule has 3 rings (SSSR count). The van der Waals surface area contributed by atoms with Crippen molar-refractivity contribution in [1.82, 2.24) is 20.7 Å². The predicted octanol–water partition coefficient (Wildman–Crippen LogP) is 1.46. The van der Waals surface area contributed by atoms with E-state index in [2.05, 4.69) is 42.0 Å². The summed E-state index contributed by atoms with van der Waals surface area (Å²) in [4.78, 5) is 28.0. The third kappa shape index (κ3) is 4.16. The Morgan fingerprint density at radius 1 is 1.04 bits per heavy atom. The van der Waals surface area contributed by atoms with Gasteiger partial charge in [0.25, 0.3) is 0 Å². The zero-order valence-electron chi connectivity index (χ0n) is 15.5. The highest BCUT2D eigenvalue weighted by Crippen LogP contribution is 2.24. The average molecular weight is 360 g/mol. The first kappa shape index (κ1) is 18.7. The van der Waals surface area contributed by atoms with Crippen LogP contribution in [0.15, 0.2) is 24.3 Å². The first-order valence-electron chi connectivity index (χ1n) is 9.42. The van der Waals surface area contributed by atoms with Crippen molar-refractivity contribution in [2.45, 2.75) is 38.8 Å². The summed E-state index contributed by atoms with van der Waals surface area (Å²) in [6.07, 6.45) is 1.45. The number of carbonyl (C=O) groups excluding carboxylic acids is 2. The quantitative estimate of drug-likeness (QED) is 0.850. The van der Waals surface area contributed by atoms with Crippen LogP contribution >= 0.6 is 0 Å². The largest absolute Gasteiger partial charge is 0.450 e. The molecular weight excluding hydrogens is 332 g/mol. The molecule has 0 saturated carbocycles. The first-order valence-corrected chi connectivity index (χ1v) is 9.42. The van der Waals surface area contributed by atoms with Crippen molar-refractivity contribution in [3.8, 4) is 0 Å². The maximum absolute atomic E-state index is 12.8. The maximum atomic E-state index is 12.8. The third-order valence-corrected chi connectivity index (χ3v) is 5.11. The predicted molar refractivity (Wildman–Crippen MR) is 98.4 cm³/mol. The molecule has 0 aromatic heterocycles. The van der Waals surface area contributed by atoms with E-state index >= 15 is 0 Å². The van der Waals surface area contributed by atoms with E-state index in [0.29, 0.717) is 32.8 Å². The molecule has 2 saturated heterocycles. The Morgan fingerprint density at radius 3 is 2.31 bits per heavy atom. The number of nitrogens with one attached hydrogen (secondary N) is 2. The number of nitrogens with zero attached hydrogens (tertiary/aromatic N) is 2. The second-order valence-electron chi connectivity index (χ2n) is 6.74. The summed E-state index contributed by atoms with van der Waals surface area (Å²) in [5.41, 5.74) is 8.88. The Hall–Kier alpha value is -2.12. The van der Waals surface area contributed by atoms with Crippen LogP contribution in [0.4, 0.5) is 4.79 Å². The van der Waals surface area contributed by atoms with Gasteiger partial charge in [0.15, 0.2) is 0 Å². The topological polar surface area (TPSA) is 73.9 Å². The molecule has 2 aliphatic heterocycles. The summed E-state index contributed by atoms with van der Waals surface area (Å²) in [5.74, 6) is 0.0914. The third-order valence-electron chi connectivity index (χ3n) is 5.11. The molecule has 7 nitrogen and oxygen atoms in total. The number of carbonyl (C=O) groups is 2. The van der Waals surface area contributed by atoms with Crippen molar-refractivity contribution in [1.29, 1.82) is 0 Å². The summed E-state index contributed by atoms with van der Waals surface area (Å²) < 4.78 is 5.02. The van der Waals surface area contributed by atoms with Gasteiger partial charge in [-0.2, -0.15) is 0 Å². The van der Waals surface area contributed by atoms with E-state index in [9.17, 15) is 9.59 Å². The van der Waals surface area contributed by atoms with E-state index in [1.807, 2.05) is 4.90 Å². The van der Waals surface area contributed by atoms with Crippen LogP contribution in [0.5, 0.6) is 0 Å². The molecule has 0 bridgehead atoms. The Labute approximate surface area is 154 Å². The Balaban J connectivity index is 1.51. The van der Waals surface area contributed by atoms with E-state index in [-0.39, 0.29) is 24.1 Å². The summed E-state index contributed by atoms with van der Waals surface area (Å²) in [6.45, 7) is 6.44. The molecule has 2 amide bonds. The fraction of sp³-hybridized carbons (Fsp3) is 0.579. The molecule has 2 N–H and O–H groups in total. The summed E-state index contributed by atoms with van der Waals surface area (Å²) in [7, 11) is 0. The van der Waals surface area contributed by atoms with Crippen LogP contribution in [-0.4, -0.2) is 60.6 Å². The highest BCUT2D eigenvalue weighted by Gasteiger charge is 2.34. The van der Waals surface area contributed by atoms with E-state index in [1.165, 1.54) is 11.1 Å². The standard InChI is InChI=1S/C19H28N4O3/c1-3-14-5-7-15(8-6-14)16-13-17(21-20-16)18(24)22-9-11-23(12-10-22)19(25)26-4-2/h5-8,16-17,20-21H,3-4,9-13H2,1-2H3. The fourth-order valence-electron chi connectivity index (χ4n) is 3.47. The number of aryl methyl sites for hydroxylation is 1. The number of hydrogen-bond donors (Lipinski definition) is 2. The molecule has 2 unspecified atom stereocenters. The Kier molecular flexibility index (Phi) is 6.11. The summed E-state index contributed by atoms with van der Waals surface area (Å²) in [6, 6.07) is 8.43. The molecule has 2 fully saturated rings. The van der Waals surface area contributed by atoms with Gasteiger partial charge in [-0.1, -0.05) is 31.2 Å². The van der Waals surface area contributed by atoms with E-state index < -0.39 is 0 Å². The van der Waals surface area contributed by atoms with E-state index in [1.54, 1.807) is 11.8 Å². The number of benzene rings is 1. The van der Waals surface area contributed by atoms with Crippen LogP contribution in [0, 0.1) is 0 Å². The lowest BCUT2D eigenvalue weighted by Gasteiger charge is -2.35. The molecule has 1 aromatic carbocycles. The molecule has 0 aliphatic carbocycles. The Morgan fingerprint density at radius 2 is 1.69 bits per heavy atom. The van der Waals surface area contributed by atoms with Crippen molar-refractivity contribution in [2.75, 3.05) is 32.8 Å². The van der Waals surface area contributed by atoms with E-state index in [0.717, 1.165) is 12.8 Å². The minimum Gasteiger partial charge on any atom is -0.450 e. The zero-order chi connectivity index (χ0) is 18.5. The second kappa shape index (κ2) is 8.51. The van der Waals surface area contributed by atoms with Gasteiger partial charge < -0.3 is 14.5 Å². The van der Waals surface area contributed by atoms with Gasteiger partial charge >= 0.3 is 6.09 Å². The fourth-order valence-corrected chi connectivity index (χ4v) is 3.47. The molecule has 2 atom stereocenters. The van der Waals surface area contributed by atoms with Crippen LogP contribution in [0.25, 0.3) is 0 Å². The zero-order valence-corrected chi connectivity index (χ0v) is 15.5. The van der Waals surface area contributed by atoms with Gasteiger partial charge in [-0.25, -0.2) is 15.6 Å². The van der Waals surface area contributed by atoms with Gasteiger partial charge in [-0.05, 0) is 30.9 Å². The van der Waals surface area contributed by atoms with Crippen molar-refractivity contribution in [2.24, 2.45) is 0 Å². The monoisotopic (exact) mass is 360 g/mol. The highest BCUT2D eigenvalue weighted by atomic mass is 16.6. The minimum atomic E-state index is -0.296. The van der Waals surface area contributed by atoms with Gasteiger partial charge in [-0.15, -0.1) is 0 Å². The molecule has 26 heavy (non-hydrogen) atoms. The van der Waals surface area contributed by atoms with Crippen molar-refractivity contribution in [3.05, 3.63) is 35.4 Å². The lowest BCUT2D eigenvalue weighted by atomic mass is 9.99. The molecule has 1 aromatic rings. The van der Waals surface area contributed by atoms with Gasteiger partial charge in [0.05, 0.1) is 6.61 Å². The number of rotatable bonds is 4. The van der Waals surface area contributed by atoms with Crippen molar-refractivity contribution < 1.29 is 14.3 Å². The van der Waals surface area contributed by atoms with E-state index in [4.69, 9.17) is 4.74 Å². The lowest BCUT2D eigenvalue weighted by molar-refractivity contribution is -0.134. The van der Waals surface area contributed by atoms with Crippen molar-refractivity contribution >= 4 is 12.0 Å². The van der Waals surface area contributed by atoms with Crippen LogP contribution in [0.2, 0.25) is 0 Å². The normalized spacial score (nSPS) is 23.2. The molecule has 7 heteroatoms. The molecule has 142 valence electrons.